The zero-order valence-electron chi connectivity index (χ0n) is 19.9. The van der Waals surface area contributed by atoms with Gasteiger partial charge in [0.1, 0.15) is 0 Å². The highest BCUT2D eigenvalue weighted by molar-refractivity contribution is 5.64. The number of imidazole rings is 1. The largest absolute Gasteiger partial charge is 0.354 e. The van der Waals surface area contributed by atoms with Crippen LogP contribution in [0.15, 0.2) is 47.6 Å². The second-order valence-corrected chi connectivity index (χ2v) is 9.18. The Balaban J connectivity index is 0. The number of aliphatic imine (C=N–C) groups is 1. The van der Waals surface area contributed by atoms with Gasteiger partial charge in [-0.2, -0.15) is 0 Å². The molecular weight excluding hydrogens is 380 g/mol. The summed E-state index contributed by atoms with van der Waals surface area (Å²) in [4.78, 5) is 8.43. The molecule has 31 heavy (non-hydrogen) atoms. The number of allylic oxidation sites excluding steroid dienone is 2. The van der Waals surface area contributed by atoms with E-state index in [1.807, 2.05) is 24.2 Å². The van der Waals surface area contributed by atoms with Crippen molar-refractivity contribution in [3.63, 3.8) is 0 Å². The Morgan fingerprint density at radius 3 is 1.90 bits per heavy atom. The Kier molecular flexibility index (Phi) is 16.6. The molecule has 0 atom stereocenters. The number of aryl methyl sites for hydroxylation is 2. The Labute approximate surface area is 193 Å². The third kappa shape index (κ3) is 14.5. The van der Waals surface area contributed by atoms with Crippen molar-refractivity contribution >= 4 is 6.21 Å². The maximum absolute atomic E-state index is 4.22. The van der Waals surface area contributed by atoms with Crippen LogP contribution >= 0.6 is 0 Å². The summed E-state index contributed by atoms with van der Waals surface area (Å²) in [5, 5.41) is 0. The topological polar surface area (TPSA) is 35.1 Å². The fraction of sp³-hybridized carbons (Fsp3) is 0.630. The summed E-state index contributed by atoms with van der Waals surface area (Å²) in [7, 11) is 4.09. The van der Waals surface area contributed by atoms with Crippen LogP contribution in [0.1, 0.15) is 80.6 Å². The summed E-state index contributed by atoms with van der Waals surface area (Å²) in [5.74, 6) is 2.20. The predicted molar refractivity (Wildman–Crippen MR) is 140 cm³/mol. The Morgan fingerprint density at radius 1 is 0.903 bits per heavy atom. The van der Waals surface area contributed by atoms with Gasteiger partial charge in [0.2, 0.25) is 0 Å². The van der Waals surface area contributed by atoms with Crippen molar-refractivity contribution < 1.29 is 0 Å². The summed E-state index contributed by atoms with van der Waals surface area (Å²) in [6.45, 7) is 13.3. The lowest BCUT2D eigenvalue weighted by Crippen LogP contribution is -1.99. The Morgan fingerprint density at radius 2 is 1.52 bits per heavy atom. The van der Waals surface area contributed by atoms with Crippen LogP contribution in [0.5, 0.6) is 0 Å². The second kappa shape index (κ2) is 16.6. The highest BCUT2D eigenvalue weighted by Gasteiger charge is 2.01. The minimum Gasteiger partial charge on any atom is -0.354 e. The van der Waals surface area contributed by atoms with Crippen molar-refractivity contribution in [1.82, 2.24) is 14.1 Å². The van der Waals surface area contributed by atoms with Gasteiger partial charge in [-0.3, -0.25) is 4.99 Å². The van der Waals surface area contributed by atoms with E-state index in [1.165, 1.54) is 23.5 Å². The van der Waals surface area contributed by atoms with Crippen molar-refractivity contribution in [1.29, 1.82) is 0 Å². The van der Waals surface area contributed by atoms with E-state index < -0.39 is 0 Å². The fourth-order valence-electron chi connectivity index (χ4n) is 3.08. The lowest BCUT2D eigenvalue weighted by Gasteiger charge is -2.04. The predicted octanol–water partition coefficient (Wildman–Crippen LogP) is 7.51. The van der Waals surface area contributed by atoms with Gasteiger partial charge in [0, 0.05) is 50.5 Å². The summed E-state index contributed by atoms with van der Waals surface area (Å²) in [5.41, 5.74) is 3.89. The van der Waals surface area contributed by atoms with Gasteiger partial charge in [0.15, 0.2) is 0 Å². The molecule has 0 amide bonds. The maximum atomic E-state index is 4.22. The van der Waals surface area contributed by atoms with Crippen molar-refractivity contribution in [3.05, 3.63) is 54.0 Å². The van der Waals surface area contributed by atoms with Gasteiger partial charge in [-0.25, -0.2) is 4.98 Å². The van der Waals surface area contributed by atoms with E-state index in [4.69, 9.17) is 0 Å². The third-order valence-electron chi connectivity index (χ3n) is 4.38. The fourth-order valence-corrected chi connectivity index (χ4v) is 3.08. The molecule has 3 rings (SSSR count). The Hall–Kier alpha value is -2.10. The molecule has 0 spiro atoms. The first kappa shape index (κ1) is 31.1. The third-order valence-corrected chi connectivity index (χ3v) is 4.38. The minimum absolute atomic E-state index is 0. The van der Waals surface area contributed by atoms with Crippen LogP contribution in [0.2, 0.25) is 0 Å². The molecule has 4 heteroatoms. The van der Waals surface area contributed by atoms with Crippen LogP contribution in [-0.2, 0) is 26.9 Å². The highest BCUT2D eigenvalue weighted by Crippen LogP contribution is 2.15. The standard InChI is InChI=1S/C9H15N.C8H14N2.C8H13N.2CH4/c1-8(2)7-9-5-4-6-10(9)3;1-7(2)4-8-5-10(3)6-9-8;1-7(2)6-8-4-3-5-9-8;;/h4-6,8H,7H2,1-3H3;5-7H,4H2,1-3H3;4-5,7H,3,6H2,1-2H3;2*1H4. The zero-order chi connectivity index (χ0) is 21.8. The van der Waals surface area contributed by atoms with E-state index in [2.05, 4.69) is 93.7 Å². The Bertz CT molecular complexity index is 745. The van der Waals surface area contributed by atoms with Crippen LogP contribution < -0.4 is 0 Å². The number of rotatable bonds is 6. The number of nitrogens with zero attached hydrogens (tertiary/aromatic N) is 4. The summed E-state index contributed by atoms with van der Waals surface area (Å²) >= 11 is 0. The van der Waals surface area contributed by atoms with E-state index in [0.29, 0.717) is 5.92 Å². The molecule has 0 aromatic carbocycles. The van der Waals surface area contributed by atoms with Crippen LogP contribution in [0.4, 0.5) is 0 Å². The maximum Gasteiger partial charge on any atom is 0.0946 e. The van der Waals surface area contributed by atoms with E-state index >= 15 is 0 Å². The van der Waals surface area contributed by atoms with Gasteiger partial charge in [-0.15, -0.1) is 0 Å². The monoisotopic (exact) mass is 430 g/mol. The van der Waals surface area contributed by atoms with Crippen molar-refractivity contribution in [2.24, 2.45) is 36.8 Å². The molecule has 0 saturated heterocycles. The van der Waals surface area contributed by atoms with Crippen LogP contribution in [0.25, 0.3) is 0 Å². The molecule has 0 unspecified atom stereocenters. The van der Waals surface area contributed by atoms with E-state index in [0.717, 1.165) is 31.1 Å². The number of hydrogen-bond donors (Lipinski definition) is 0. The van der Waals surface area contributed by atoms with Gasteiger partial charge in [0.05, 0.1) is 12.0 Å². The van der Waals surface area contributed by atoms with E-state index in [9.17, 15) is 0 Å². The van der Waals surface area contributed by atoms with Gasteiger partial charge >= 0.3 is 0 Å². The molecule has 2 aromatic heterocycles. The first-order chi connectivity index (χ1) is 13.7. The molecule has 3 heterocycles. The van der Waals surface area contributed by atoms with Crippen LogP contribution in [-0.4, -0.2) is 20.3 Å². The summed E-state index contributed by atoms with van der Waals surface area (Å²) < 4.78 is 4.16. The quantitative estimate of drug-likeness (QED) is 0.467. The molecule has 178 valence electrons. The summed E-state index contributed by atoms with van der Waals surface area (Å²) in [6.07, 6.45) is 14.6. The van der Waals surface area contributed by atoms with Gasteiger partial charge in [-0.05, 0) is 49.1 Å². The smallest absolute Gasteiger partial charge is 0.0946 e. The summed E-state index contributed by atoms with van der Waals surface area (Å²) in [6, 6.07) is 4.28. The van der Waals surface area contributed by atoms with Crippen LogP contribution in [0.3, 0.4) is 0 Å². The van der Waals surface area contributed by atoms with Crippen molar-refractivity contribution in [3.8, 4) is 0 Å². The van der Waals surface area contributed by atoms with Crippen LogP contribution in [0, 0.1) is 17.8 Å². The molecule has 2 aromatic rings. The van der Waals surface area contributed by atoms with Crippen molar-refractivity contribution in [2.45, 2.75) is 82.1 Å². The van der Waals surface area contributed by atoms with Gasteiger partial charge in [0.25, 0.3) is 0 Å². The molecule has 0 fully saturated rings. The molecule has 0 saturated carbocycles. The molecule has 4 nitrogen and oxygen atoms in total. The molecule has 0 bridgehead atoms. The van der Waals surface area contributed by atoms with E-state index in [-0.39, 0.29) is 14.9 Å². The van der Waals surface area contributed by atoms with E-state index in [1.54, 1.807) is 0 Å². The molecule has 1 aliphatic rings. The minimum atomic E-state index is 0. The average molecular weight is 431 g/mol. The van der Waals surface area contributed by atoms with Crippen molar-refractivity contribution in [2.75, 3.05) is 0 Å². The molecule has 0 radical (unpaired) electrons. The lowest BCUT2D eigenvalue weighted by atomic mass is 10.1. The first-order valence-electron chi connectivity index (χ1n) is 11.0. The normalized spacial score (nSPS) is 11.9. The molecule has 0 aliphatic carbocycles. The zero-order valence-corrected chi connectivity index (χ0v) is 19.9. The molecular formula is C27H50N4. The van der Waals surface area contributed by atoms with Gasteiger partial charge < -0.3 is 9.13 Å². The first-order valence-corrected chi connectivity index (χ1v) is 11.0. The highest BCUT2D eigenvalue weighted by atomic mass is 15.0. The number of hydrogen-bond acceptors (Lipinski definition) is 2. The lowest BCUT2D eigenvalue weighted by molar-refractivity contribution is 0.616. The number of aromatic nitrogens is 3. The average Bonchev–Trinajstić information content (AvgIpc) is 3.33. The second-order valence-electron chi connectivity index (χ2n) is 9.18. The van der Waals surface area contributed by atoms with Gasteiger partial charge in [-0.1, -0.05) is 62.5 Å². The SMILES string of the molecule is C.C.CC(C)CC1=CCC=N1.CC(C)Cc1cccn1C.CC(C)Cc1cn(C)cn1. The molecule has 1 aliphatic heterocycles. The molecule has 0 N–H and O–H groups in total.